The minimum Gasteiger partial charge on any atom is -0.228 e. The van der Waals surface area contributed by atoms with Crippen molar-refractivity contribution in [2.45, 2.75) is 37.5 Å². The van der Waals surface area contributed by atoms with Gasteiger partial charge in [-0.1, -0.05) is 195 Å². The Kier molecular flexibility index (Phi) is 8.43. The second kappa shape index (κ2) is 14.2. The summed E-state index contributed by atoms with van der Waals surface area (Å²) in [5, 5.41) is 2.66. The Morgan fingerprint density at radius 1 is 0.328 bits per heavy atom. The highest BCUT2D eigenvalue weighted by atomic mass is 14.9. The Morgan fingerprint density at radius 3 is 1.59 bits per heavy atom. The lowest BCUT2D eigenvalue weighted by Crippen LogP contribution is -2.28. The maximum Gasteiger partial charge on any atom is 0.160 e. The van der Waals surface area contributed by atoms with Crippen molar-refractivity contribution in [3.8, 4) is 78.4 Å². The molecule has 0 aliphatic heterocycles. The molecule has 276 valence electrons. The van der Waals surface area contributed by atoms with Crippen molar-refractivity contribution < 1.29 is 0 Å². The van der Waals surface area contributed by atoms with Crippen LogP contribution in [-0.2, 0) is 5.41 Å². The van der Waals surface area contributed by atoms with Crippen LogP contribution >= 0.6 is 0 Å². The van der Waals surface area contributed by atoms with Crippen LogP contribution in [0.4, 0.5) is 0 Å². The number of hydrogen-bond acceptors (Lipinski definition) is 2. The van der Waals surface area contributed by atoms with E-state index in [4.69, 9.17) is 9.97 Å². The van der Waals surface area contributed by atoms with Crippen molar-refractivity contribution in [1.29, 1.82) is 0 Å². The molecule has 2 heteroatoms. The minimum atomic E-state index is 0.0980. The van der Waals surface area contributed by atoms with E-state index in [1.165, 1.54) is 87.4 Å². The Bertz CT molecular complexity index is 2940. The van der Waals surface area contributed by atoms with E-state index in [-0.39, 0.29) is 5.41 Å². The average molecular weight is 743 g/mol. The Morgan fingerprint density at radius 2 is 0.862 bits per heavy atom. The van der Waals surface area contributed by atoms with Crippen LogP contribution in [0.15, 0.2) is 194 Å². The molecule has 8 aromatic carbocycles. The van der Waals surface area contributed by atoms with Crippen molar-refractivity contribution in [3.63, 3.8) is 0 Å². The summed E-state index contributed by atoms with van der Waals surface area (Å²) in [6.07, 6.45) is 6.34. The first kappa shape index (κ1) is 34.4. The second-order valence-corrected chi connectivity index (χ2v) is 16.0. The third-order valence-corrected chi connectivity index (χ3v) is 12.7. The Balaban J connectivity index is 0.997. The molecule has 0 radical (unpaired) electrons. The van der Waals surface area contributed by atoms with Crippen LogP contribution in [0.2, 0.25) is 0 Å². The van der Waals surface area contributed by atoms with Crippen LogP contribution in [0.5, 0.6) is 0 Å². The zero-order chi connectivity index (χ0) is 38.5. The lowest BCUT2D eigenvalue weighted by molar-refractivity contribution is 0.353. The normalized spacial score (nSPS) is 14.0. The van der Waals surface area contributed by atoms with Gasteiger partial charge < -0.3 is 0 Å². The molecule has 0 bridgehead atoms. The molecule has 1 heterocycles. The van der Waals surface area contributed by atoms with Crippen LogP contribution in [0.25, 0.3) is 89.2 Å². The molecule has 0 amide bonds. The maximum absolute atomic E-state index is 5.23. The molecule has 58 heavy (non-hydrogen) atoms. The van der Waals surface area contributed by atoms with Crippen LogP contribution in [0.3, 0.4) is 0 Å². The number of rotatable bonds is 6. The zero-order valence-electron chi connectivity index (χ0n) is 32.4. The van der Waals surface area contributed by atoms with Gasteiger partial charge in [-0.25, -0.2) is 9.97 Å². The molecule has 2 aliphatic carbocycles. The van der Waals surface area contributed by atoms with E-state index in [9.17, 15) is 0 Å². The topological polar surface area (TPSA) is 25.8 Å². The molecular weight excluding hydrogens is 701 g/mol. The van der Waals surface area contributed by atoms with Gasteiger partial charge in [0, 0.05) is 22.1 Å². The van der Waals surface area contributed by atoms with Gasteiger partial charge in [-0.15, -0.1) is 0 Å². The van der Waals surface area contributed by atoms with Crippen molar-refractivity contribution in [2.24, 2.45) is 0 Å². The van der Waals surface area contributed by atoms with Gasteiger partial charge in [-0.3, -0.25) is 0 Å². The summed E-state index contributed by atoms with van der Waals surface area (Å²) in [4.78, 5) is 10.4. The highest BCUT2D eigenvalue weighted by Crippen LogP contribution is 2.58. The van der Waals surface area contributed by atoms with Gasteiger partial charge in [0.15, 0.2) is 5.82 Å². The molecule has 9 aromatic rings. The molecule has 2 aliphatic rings. The fourth-order valence-electron chi connectivity index (χ4n) is 9.87. The fraction of sp³-hybridized carbons (Fsp3) is 0.107. The second-order valence-electron chi connectivity index (χ2n) is 16.0. The highest BCUT2D eigenvalue weighted by molar-refractivity contribution is 5.99. The molecule has 0 unspecified atom stereocenters. The first-order valence-corrected chi connectivity index (χ1v) is 20.7. The van der Waals surface area contributed by atoms with Gasteiger partial charge in [-0.2, -0.15) is 0 Å². The minimum absolute atomic E-state index is 0.0980. The van der Waals surface area contributed by atoms with Gasteiger partial charge in [0.25, 0.3) is 0 Å². The summed E-state index contributed by atoms with van der Waals surface area (Å²) < 4.78 is 0. The SMILES string of the molecule is c1ccc(-c2ccc(-c3cc(-c4ccccc4-c4ccc(-c5cccc6c5-c5cc7ccccc7cc5C65CCCCC5)cc4)nc(-c4ccccc4)n3)cc2)cc1. The van der Waals surface area contributed by atoms with Gasteiger partial charge >= 0.3 is 0 Å². The quantitative estimate of drug-likeness (QED) is 0.170. The van der Waals surface area contributed by atoms with Gasteiger partial charge in [0.1, 0.15) is 0 Å². The predicted molar refractivity (Wildman–Crippen MR) is 241 cm³/mol. The van der Waals surface area contributed by atoms with E-state index in [1.807, 2.05) is 18.2 Å². The number of fused-ring (bicyclic) bond motifs is 6. The standard InChI is InChI=1S/C56H42N2/c1-4-15-38(16-5-1)39-25-31-42(32-26-39)52-37-53(58-55(57-52)43-17-6-2-7-18-43)48-22-11-10-21-46(48)40-27-29-41(30-28-40)47-23-14-24-50-54(47)49-35-44-19-8-9-20-45(44)36-51(49)56(50)33-12-3-13-34-56/h1-2,4-11,14-32,35-37H,3,12-13,33-34H2. The fourth-order valence-corrected chi connectivity index (χ4v) is 9.87. The van der Waals surface area contributed by atoms with E-state index in [2.05, 4.69) is 176 Å². The van der Waals surface area contributed by atoms with Crippen molar-refractivity contribution in [3.05, 3.63) is 205 Å². The van der Waals surface area contributed by atoms with E-state index in [1.54, 1.807) is 0 Å². The van der Waals surface area contributed by atoms with Crippen LogP contribution < -0.4 is 0 Å². The lowest BCUT2D eigenvalue weighted by atomic mass is 9.67. The van der Waals surface area contributed by atoms with Crippen molar-refractivity contribution in [2.75, 3.05) is 0 Å². The number of hydrogen-bond donors (Lipinski definition) is 0. The molecule has 1 fully saturated rings. The molecule has 1 saturated carbocycles. The number of nitrogens with zero attached hydrogens (tertiary/aromatic N) is 2. The maximum atomic E-state index is 5.23. The molecule has 1 spiro atoms. The predicted octanol–water partition coefficient (Wildman–Crippen LogP) is 14.9. The lowest BCUT2D eigenvalue weighted by Gasteiger charge is -2.36. The zero-order valence-corrected chi connectivity index (χ0v) is 32.4. The number of aromatic nitrogens is 2. The number of benzene rings is 8. The molecule has 0 atom stereocenters. The third-order valence-electron chi connectivity index (χ3n) is 12.7. The molecule has 0 N–H and O–H groups in total. The Labute approximate surface area is 340 Å². The van der Waals surface area contributed by atoms with Crippen molar-refractivity contribution in [1.82, 2.24) is 9.97 Å². The molecule has 11 rings (SSSR count). The first-order chi connectivity index (χ1) is 28.7. The van der Waals surface area contributed by atoms with Gasteiger partial charge in [-0.05, 0) is 97.4 Å². The van der Waals surface area contributed by atoms with Crippen LogP contribution in [-0.4, -0.2) is 9.97 Å². The highest BCUT2D eigenvalue weighted by Gasteiger charge is 2.44. The molecule has 2 nitrogen and oxygen atoms in total. The molecular formula is C56H42N2. The van der Waals surface area contributed by atoms with E-state index in [0.717, 1.165) is 39.2 Å². The van der Waals surface area contributed by atoms with Crippen LogP contribution in [0.1, 0.15) is 43.2 Å². The molecule has 1 aromatic heterocycles. The third kappa shape index (κ3) is 5.87. The first-order valence-electron chi connectivity index (χ1n) is 20.7. The van der Waals surface area contributed by atoms with Gasteiger partial charge in [0.2, 0.25) is 0 Å². The van der Waals surface area contributed by atoms with E-state index in [0.29, 0.717) is 5.82 Å². The van der Waals surface area contributed by atoms with Crippen LogP contribution in [0, 0.1) is 0 Å². The summed E-state index contributed by atoms with van der Waals surface area (Å²) in [7, 11) is 0. The average Bonchev–Trinajstić information content (AvgIpc) is 3.56. The van der Waals surface area contributed by atoms with Gasteiger partial charge in [0.05, 0.1) is 11.4 Å². The van der Waals surface area contributed by atoms with Crippen molar-refractivity contribution >= 4 is 10.8 Å². The molecule has 0 saturated heterocycles. The largest absolute Gasteiger partial charge is 0.228 e. The summed E-state index contributed by atoms with van der Waals surface area (Å²) in [5.74, 6) is 0.715. The monoisotopic (exact) mass is 742 g/mol. The summed E-state index contributed by atoms with van der Waals surface area (Å²) >= 11 is 0. The Hall–Kier alpha value is -6.90. The summed E-state index contributed by atoms with van der Waals surface area (Å²) in [6.45, 7) is 0. The van der Waals surface area contributed by atoms with E-state index < -0.39 is 0 Å². The summed E-state index contributed by atoms with van der Waals surface area (Å²) in [6, 6.07) is 70.5. The summed E-state index contributed by atoms with van der Waals surface area (Å²) in [5.41, 5.74) is 18.2. The smallest absolute Gasteiger partial charge is 0.160 e. The van der Waals surface area contributed by atoms with E-state index >= 15 is 0 Å².